The first kappa shape index (κ1) is 18.3. The van der Waals surface area contributed by atoms with E-state index in [1.807, 2.05) is 20.8 Å². The number of rotatable bonds is 4. The molecular weight excluding hydrogens is 363 g/mol. The number of benzene rings is 1. The lowest BCUT2D eigenvalue weighted by molar-refractivity contribution is 0.187. The summed E-state index contributed by atoms with van der Waals surface area (Å²) in [6.07, 6.45) is 3.23. The zero-order valence-corrected chi connectivity index (χ0v) is 16.2. The highest BCUT2D eigenvalue weighted by molar-refractivity contribution is 5.81. The van der Waals surface area contributed by atoms with E-state index in [1.54, 1.807) is 34.8 Å². The van der Waals surface area contributed by atoms with Gasteiger partial charge in [-0.05, 0) is 18.2 Å². The number of hydrogen-bond acceptors (Lipinski definition) is 5. The molecule has 28 heavy (non-hydrogen) atoms. The molecule has 3 aromatic heterocycles. The first-order valence-corrected chi connectivity index (χ1v) is 8.92. The molecule has 0 amide bonds. The van der Waals surface area contributed by atoms with E-state index >= 15 is 0 Å². The maximum atomic E-state index is 13.9. The van der Waals surface area contributed by atoms with Gasteiger partial charge in [0.2, 0.25) is 0 Å². The van der Waals surface area contributed by atoms with Gasteiger partial charge in [0.1, 0.15) is 12.1 Å². The van der Waals surface area contributed by atoms with Crippen molar-refractivity contribution in [3.05, 3.63) is 52.6 Å². The number of halogens is 1. The Kier molecular flexibility index (Phi) is 4.26. The van der Waals surface area contributed by atoms with Gasteiger partial charge in [0, 0.05) is 19.1 Å². The Morgan fingerprint density at radius 2 is 2.00 bits per heavy atom. The van der Waals surface area contributed by atoms with Crippen LogP contribution in [-0.2, 0) is 16.7 Å². The van der Waals surface area contributed by atoms with Gasteiger partial charge in [0.25, 0.3) is 5.56 Å². The molecule has 0 atom stereocenters. The molecule has 0 spiro atoms. The number of methoxy groups -OCH3 is 1. The zero-order valence-electron chi connectivity index (χ0n) is 16.2. The predicted molar refractivity (Wildman–Crippen MR) is 102 cm³/mol. The van der Waals surface area contributed by atoms with Gasteiger partial charge in [-0.15, -0.1) is 5.10 Å². The molecule has 0 bridgehead atoms. The normalized spacial score (nSPS) is 12.3. The molecule has 8 nitrogen and oxygen atoms in total. The molecule has 4 aromatic rings. The van der Waals surface area contributed by atoms with Crippen LogP contribution in [0.15, 0.2) is 35.5 Å². The van der Waals surface area contributed by atoms with Crippen molar-refractivity contribution in [1.29, 1.82) is 0 Å². The Bertz CT molecular complexity index is 1230. The monoisotopic (exact) mass is 384 g/mol. The van der Waals surface area contributed by atoms with E-state index in [0.29, 0.717) is 35.5 Å². The van der Waals surface area contributed by atoms with Crippen LogP contribution in [-0.4, -0.2) is 42.7 Å². The fourth-order valence-corrected chi connectivity index (χ4v) is 3.34. The first-order valence-electron chi connectivity index (χ1n) is 8.92. The van der Waals surface area contributed by atoms with Crippen molar-refractivity contribution in [3.8, 4) is 5.82 Å². The van der Waals surface area contributed by atoms with Crippen molar-refractivity contribution in [2.24, 2.45) is 0 Å². The third kappa shape index (κ3) is 2.78. The largest absolute Gasteiger partial charge is 0.383 e. The minimum Gasteiger partial charge on any atom is -0.383 e. The molecule has 4 rings (SSSR count). The van der Waals surface area contributed by atoms with E-state index in [1.165, 1.54) is 16.7 Å². The van der Waals surface area contributed by atoms with E-state index in [-0.39, 0.29) is 11.0 Å². The van der Waals surface area contributed by atoms with E-state index in [0.717, 1.165) is 5.69 Å². The van der Waals surface area contributed by atoms with Crippen LogP contribution in [0.2, 0.25) is 0 Å². The van der Waals surface area contributed by atoms with E-state index < -0.39 is 5.82 Å². The van der Waals surface area contributed by atoms with Crippen LogP contribution in [0.4, 0.5) is 4.39 Å². The summed E-state index contributed by atoms with van der Waals surface area (Å²) in [4.78, 5) is 17.8. The first-order chi connectivity index (χ1) is 13.3. The Balaban J connectivity index is 2.09. The molecule has 0 aliphatic heterocycles. The lowest BCUT2D eigenvalue weighted by atomic mass is 9.93. The van der Waals surface area contributed by atoms with Crippen LogP contribution in [0, 0.1) is 5.82 Å². The zero-order chi connectivity index (χ0) is 20.1. The topological polar surface area (TPSA) is 79.2 Å². The van der Waals surface area contributed by atoms with Crippen molar-refractivity contribution in [1.82, 2.24) is 28.9 Å². The van der Waals surface area contributed by atoms with Gasteiger partial charge < -0.3 is 9.30 Å². The van der Waals surface area contributed by atoms with E-state index in [2.05, 4.69) is 15.3 Å². The van der Waals surface area contributed by atoms with Gasteiger partial charge in [-0.2, -0.15) is 4.68 Å². The summed E-state index contributed by atoms with van der Waals surface area (Å²) >= 11 is 0. The van der Waals surface area contributed by atoms with Crippen molar-refractivity contribution >= 4 is 16.6 Å². The number of fused-ring (bicyclic) bond motifs is 3. The van der Waals surface area contributed by atoms with Crippen molar-refractivity contribution in [3.63, 3.8) is 0 Å². The quantitative estimate of drug-likeness (QED) is 0.540. The number of hydrogen-bond donors (Lipinski definition) is 0. The molecule has 0 saturated carbocycles. The SMILES string of the molecule is COCCn1c(=O)c2c(-n3nncc3C(C)(C)C)ncn2c2ccc(F)cc21. The number of nitrogens with zero attached hydrogens (tertiary/aromatic N) is 6. The van der Waals surface area contributed by atoms with E-state index in [4.69, 9.17) is 4.74 Å². The van der Waals surface area contributed by atoms with Gasteiger partial charge in [-0.1, -0.05) is 26.0 Å². The van der Waals surface area contributed by atoms with Crippen molar-refractivity contribution < 1.29 is 9.13 Å². The van der Waals surface area contributed by atoms with Crippen LogP contribution in [0.5, 0.6) is 0 Å². The highest BCUT2D eigenvalue weighted by atomic mass is 19.1. The summed E-state index contributed by atoms with van der Waals surface area (Å²) in [6.45, 7) is 6.72. The fourth-order valence-electron chi connectivity index (χ4n) is 3.34. The molecule has 0 aliphatic rings. The van der Waals surface area contributed by atoms with Crippen molar-refractivity contribution in [2.75, 3.05) is 13.7 Å². The molecule has 0 radical (unpaired) electrons. The van der Waals surface area contributed by atoms with Gasteiger partial charge in [-0.25, -0.2) is 9.37 Å². The summed E-state index contributed by atoms with van der Waals surface area (Å²) < 4.78 is 23.8. The third-order valence-corrected chi connectivity index (χ3v) is 4.72. The molecule has 0 N–H and O–H groups in total. The molecular formula is C19H21FN6O2. The Labute approximate surface area is 160 Å². The molecule has 1 aromatic carbocycles. The van der Waals surface area contributed by atoms with Gasteiger partial charge in [-0.3, -0.25) is 9.20 Å². The Morgan fingerprint density at radius 1 is 1.21 bits per heavy atom. The smallest absolute Gasteiger partial charge is 0.279 e. The molecule has 3 heterocycles. The van der Waals surface area contributed by atoms with Gasteiger partial charge in [0.15, 0.2) is 11.3 Å². The van der Waals surface area contributed by atoms with Crippen LogP contribution in [0.25, 0.3) is 22.4 Å². The molecule has 0 aliphatic carbocycles. The molecule has 9 heteroatoms. The highest BCUT2D eigenvalue weighted by Crippen LogP contribution is 2.25. The highest BCUT2D eigenvalue weighted by Gasteiger charge is 2.25. The molecule has 146 valence electrons. The molecule has 0 fully saturated rings. The fraction of sp³-hybridized carbons (Fsp3) is 0.368. The molecule has 0 unspecified atom stereocenters. The summed E-state index contributed by atoms with van der Waals surface area (Å²) in [6, 6.07) is 4.35. The summed E-state index contributed by atoms with van der Waals surface area (Å²) in [5, 5.41) is 8.17. The second-order valence-electron chi connectivity index (χ2n) is 7.65. The van der Waals surface area contributed by atoms with Crippen molar-refractivity contribution in [2.45, 2.75) is 32.7 Å². The minimum atomic E-state index is -0.413. The van der Waals surface area contributed by atoms with E-state index in [9.17, 15) is 9.18 Å². The average molecular weight is 384 g/mol. The maximum absolute atomic E-state index is 13.9. The van der Waals surface area contributed by atoms with Gasteiger partial charge >= 0.3 is 0 Å². The van der Waals surface area contributed by atoms with Gasteiger partial charge in [0.05, 0.1) is 29.5 Å². The average Bonchev–Trinajstić information content (AvgIpc) is 3.28. The van der Waals surface area contributed by atoms with Crippen LogP contribution >= 0.6 is 0 Å². The summed E-state index contributed by atoms with van der Waals surface area (Å²) in [5.41, 5.74) is 1.80. The minimum absolute atomic E-state index is 0.242. The number of ether oxygens (including phenoxy) is 1. The summed E-state index contributed by atoms with van der Waals surface area (Å²) in [5.74, 6) is -0.0196. The lowest BCUT2D eigenvalue weighted by Gasteiger charge is -2.18. The predicted octanol–water partition coefficient (Wildman–Crippen LogP) is 2.31. The lowest BCUT2D eigenvalue weighted by Crippen LogP contribution is -2.26. The second kappa shape index (κ2) is 6.52. The van der Waals surface area contributed by atoms with Crippen LogP contribution in [0.3, 0.4) is 0 Å². The van der Waals surface area contributed by atoms with Crippen LogP contribution < -0.4 is 5.56 Å². The standard InChI is InChI=1S/C19H21FN6O2/c1-19(2,3)15-10-22-23-26(15)17-16-18(27)24(7-8-28-4)14-9-12(20)5-6-13(14)25(16)11-21-17/h5-6,9-11H,7-8H2,1-4H3. The Morgan fingerprint density at radius 3 is 2.71 bits per heavy atom. The Hall–Kier alpha value is -3.07. The third-order valence-electron chi connectivity index (χ3n) is 4.72. The number of imidazole rings is 1. The summed E-state index contributed by atoms with van der Waals surface area (Å²) in [7, 11) is 1.56. The maximum Gasteiger partial charge on any atom is 0.279 e. The number of aromatic nitrogens is 6. The van der Waals surface area contributed by atoms with Crippen LogP contribution in [0.1, 0.15) is 26.5 Å². The second-order valence-corrected chi connectivity index (χ2v) is 7.65. The molecule has 0 saturated heterocycles.